The number of hydrogen-bond acceptors (Lipinski definition) is 3. The van der Waals surface area contributed by atoms with Crippen LogP contribution in [0.3, 0.4) is 0 Å². The Hall–Kier alpha value is -3.19. The molecule has 0 radical (unpaired) electrons. The molecule has 0 fully saturated rings. The van der Waals surface area contributed by atoms with Crippen molar-refractivity contribution < 1.29 is 4.92 Å². The van der Waals surface area contributed by atoms with Gasteiger partial charge in [-0.25, -0.2) is 0 Å². The maximum absolute atomic E-state index is 11.3. The Labute approximate surface area is 168 Å². The van der Waals surface area contributed by atoms with Crippen molar-refractivity contribution in [2.24, 2.45) is 0 Å². The van der Waals surface area contributed by atoms with Crippen molar-refractivity contribution in [2.75, 3.05) is 11.9 Å². The first-order valence-corrected chi connectivity index (χ1v) is 9.47. The van der Waals surface area contributed by atoms with Crippen LogP contribution in [0.5, 0.6) is 0 Å². The number of aromatic nitrogens is 1. The van der Waals surface area contributed by atoms with Gasteiger partial charge in [0.15, 0.2) is 5.11 Å². The standard InChI is InChI=1S/C21H20N4O2S/c1-15-5-2-7-17(13-15)22-21(28)24-12-11-23-10-4-9-19(23)20(24)16-6-3-8-18(14-16)25(26)27/h2-10,13-14,20H,11-12H2,1H3,(H,22,28)/t20-/m1/s1. The van der Waals surface area contributed by atoms with Crippen LogP contribution < -0.4 is 5.32 Å². The second kappa shape index (κ2) is 7.44. The van der Waals surface area contributed by atoms with Gasteiger partial charge in [-0.2, -0.15) is 0 Å². The number of benzene rings is 2. The van der Waals surface area contributed by atoms with Gasteiger partial charge in [0, 0.05) is 42.8 Å². The summed E-state index contributed by atoms with van der Waals surface area (Å²) in [5.74, 6) is 0. The van der Waals surface area contributed by atoms with E-state index in [1.54, 1.807) is 12.1 Å². The number of hydrogen-bond donors (Lipinski definition) is 1. The Bertz CT molecular complexity index is 1050. The van der Waals surface area contributed by atoms with Crippen LogP contribution in [0.15, 0.2) is 66.9 Å². The van der Waals surface area contributed by atoms with Crippen LogP contribution in [0.4, 0.5) is 11.4 Å². The van der Waals surface area contributed by atoms with Gasteiger partial charge in [-0.05, 0) is 54.5 Å². The van der Waals surface area contributed by atoms with Gasteiger partial charge in [0.05, 0.1) is 11.0 Å². The quantitative estimate of drug-likeness (QED) is 0.404. The Kier molecular flexibility index (Phi) is 4.83. The number of fused-ring (bicyclic) bond motifs is 1. The van der Waals surface area contributed by atoms with E-state index in [1.165, 1.54) is 6.07 Å². The van der Waals surface area contributed by atoms with Gasteiger partial charge in [-0.3, -0.25) is 10.1 Å². The van der Waals surface area contributed by atoms with E-state index in [-0.39, 0.29) is 16.7 Å². The van der Waals surface area contributed by atoms with E-state index in [0.717, 1.165) is 29.1 Å². The van der Waals surface area contributed by atoms with Gasteiger partial charge in [0.2, 0.25) is 0 Å². The SMILES string of the molecule is Cc1cccc(NC(=S)N2CCn3cccc3[C@H]2c2cccc([N+](=O)[O-])c2)c1. The molecule has 1 atom stereocenters. The number of nitrogens with one attached hydrogen (secondary N) is 1. The summed E-state index contributed by atoms with van der Waals surface area (Å²) in [4.78, 5) is 13.0. The molecule has 1 aliphatic rings. The number of thiocarbonyl (C=S) groups is 1. The zero-order valence-electron chi connectivity index (χ0n) is 15.4. The highest BCUT2D eigenvalue weighted by Gasteiger charge is 2.31. The Morgan fingerprint density at radius 1 is 1.14 bits per heavy atom. The molecule has 0 unspecified atom stereocenters. The predicted molar refractivity (Wildman–Crippen MR) is 113 cm³/mol. The molecule has 2 heterocycles. The smallest absolute Gasteiger partial charge is 0.269 e. The lowest BCUT2D eigenvalue weighted by Gasteiger charge is -2.39. The summed E-state index contributed by atoms with van der Waals surface area (Å²) in [6, 6.07) is 18.7. The molecule has 142 valence electrons. The summed E-state index contributed by atoms with van der Waals surface area (Å²) in [6.07, 6.45) is 2.04. The molecule has 0 saturated carbocycles. The van der Waals surface area contributed by atoms with Gasteiger partial charge < -0.3 is 14.8 Å². The molecule has 0 saturated heterocycles. The van der Waals surface area contributed by atoms with E-state index in [1.807, 2.05) is 55.6 Å². The summed E-state index contributed by atoms with van der Waals surface area (Å²) in [7, 11) is 0. The maximum atomic E-state index is 11.3. The highest BCUT2D eigenvalue weighted by Crippen LogP contribution is 2.34. The van der Waals surface area contributed by atoms with Crippen molar-refractivity contribution in [3.05, 3.63) is 93.8 Å². The molecule has 0 aliphatic carbocycles. The minimum Gasteiger partial charge on any atom is -0.348 e. The molecule has 3 aromatic rings. The van der Waals surface area contributed by atoms with Gasteiger partial charge in [0.1, 0.15) is 0 Å². The highest BCUT2D eigenvalue weighted by atomic mass is 32.1. The normalized spacial score (nSPS) is 15.8. The topological polar surface area (TPSA) is 63.3 Å². The number of rotatable bonds is 3. The van der Waals surface area contributed by atoms with Crippen molar-refractivity contribution in [3.63, 3.8) is 0 Å². The molecule has 4 rings (SSSR count). The number of non-ortho nitro benzene ring substituents is 1. The molecule has 1 aromatic heterocycles. The van der Waals surface area contributed by atoms with Gasteiger partial charge in [-0.1, -0.05) is 24.3 Å². The summed E-state index contributed by atoms with van der Waals surface area (Å²) < 4.78 is 2.18. The van der Waals surface area contributed by atoms with Crippen LogP contribution in [0.25, 0.3) is 0 Å². The second-order valence-corrected chi connectivity index (χ2v) is 7.26. The predicted octanol–water partition coefficient (Wildman–Crippen LogP) is 4.51. The monoisotopic (exact) mass is 392 g/mol. The molecule has 0 bridgehead atoms. The Morgan fingerprint density at radius 2 is 1.96 bits per heavy atom. The van der Waals surface area contributed by atoms with Gasteiger partial charge in [-0.15, -0.1) is 0 Å². The lowest BCUT2D eigenvalue weighted by atomic mass is 10.00. The largest absolute Gasteiger partial charge is 0.348 e. The molecule has 0 amide bonds. The summed E-state index contributed by atoms with van der Waals surface area (Å²) in [5, 5.41) is 15.2. The fourth-order valence-corrected chi connectivity index (χ4v) is 3.99. The minimum absolute atomic E-state index is 0.0821. The lowest BCUT2D eigenvalue weighted by Crippen LogP contribution is -2.44. The fraction of sp³-hybridized carbons (Fsp3) is 0.190. The summed E-state index contributed by atoms with van der Waals surface area (Å²) in [5.41, 5.74) is 4.08. The molecule has 28 heavy (non-hydrogen) atoms. The van der Waals surface area contributed by atoms with Gasteiger partial charge >= 0.3 is 0 Å². The highest BCUT2D eigenvalue weighted by molar-refractivity contribution is 7.80. The minimum atomic E-state index is -0.362. The van der Waals surface area contributed by atoms with E-state index in [2.05, 4.69) is 14.8 Å². The number of anilines is 1. The van der Waals surface area contributed by atoms with E-state index in [9.17, 15) is 10.1 Å². The average Bonchev–Trinajstić information content (AvgIpc) is 3.16. The number of nitrogens with zero attached hydrogens (tertiary/aromatic N) is 3. The number of nitro benzene ring substituents is 1. The first-order chi connectivity index (χ1) is 13.5. The maximum Gasteiger partial charge on any atom is 0.269 e. The third-order valence-corrected chi connectivity index (χ3v) is 5.30. The number of aryl methyl sites for hydroxylation is 1. The zero-order chi connectivity index (χ0) is 19.7. The van der Waals surface area contributed by atoms with Crippen molar-refractivity contribution in [3.8, 4) is 0 Å². The van der Waals surface area contributed by atoms with Crippen LogP contribution in [0.2, 0.25) is 0 Å². The summed E-state index contributed by atoms with van der Waals surface area (Å²) >= 11 is 5.74. The molecule has 6 nitrogen and oxygen atoms in total. The van der Waals surface area contributed by atoms with Gasteiger partial charge in [0.25, 0.3) is 5.69 Å². The first kappa shape index (κ1) is 18.2. The van der Waals surface area contributed by atoms with E-state index in [0.29, 0.717) is 11.7 Å². The van der Waals surface area contributed by atoms with Crippen LogP contribution in [0.1, 0.15) is 22.9 Å². The van der Waals surface area contributed by atoms with Crippen molar-refractivity contribution in [1.29, 1.82) is 0 Å². The van der Waals surface area contributed by atoms with E-state index >= 15 is 0 Å². The average molecular weight is 392 g/mol. The molecule has 0 spiro atoms. The fourth-order valence-electron chi connectivity index (χ4n) is 3.68. The van der Waals surface area contributed by atoms with E-state index in [4.69, 9.17) is 12.2 Å². The second-order valence-electron chi connectivity index (χ2n) is 6.87. The van der Waals surface area contributed by atoms with Crippen LogP contribution in [-0.4, -0.2) is 26.0 Å². The third kappa shape index (κ3) is 3.48. The van der Waals surface area contributed by atoms with E-state index < -0.39 is 0 Å². The van der Waals surface area contributed by atoms with Crippen LogP contribution in [-0.2, 0) is 6.54 Å². The lowest BCUT2D eigenvalue weighted by molar-refractivity contribution is -0.384. The third-order valence-electron chi connectivity index (χ3n) is 4.97. The van der Waals surface area contributed by atoms with Crippen molar-refractivity contribution >= 4 is 28.7 Å². The molecule has 1 N–H and O–H groups in total. The Morgan fingerprint density at radius 3 is 2.75 bits per heavy atom. The molecular weight excluding hydrogens is 372 g/mol. The number of nitro groups is 1. The summed E-state index contributed by atoms with van der Waals surface area (Å²) in [6.45, 7) is 3.56. The van der Waals surface area contributed by atoms with Crippen molar-refractivity contribution in [1.82, 2.24) is 9.47 Å². The molecule has 2 aromatic carbocycles. The van der Waals surface area contributed by atoms with Crippen molar-refractivity contribution in [2.45, 2.75) is 19.5 Å². The van der Waals surface area contributed by atoms with Crippen LogP contribution in [0, 0.1) is 17.0 Å². The first-order valence-electron chi connectivity index (χ1n) is 9.06. The molecular formula is C21H20N4O2S. The van der Waals surface area contributed by atoms with Crippen LogP contribution >= 0.6 is 12.2 Å². The molecule has 1 aliphatic heterocycles. The molecule has 7 heteroatoms. The Balaban J connectivity index is 1.70. The zero-order valence-corrected chi connectivity index (χ0v) is 16.2.